The largest absolute Gasteiger partial charge is 0.489 e. The molecule has 2 atom stereocenters. The summed E-state index contributed by atoms with van der Waals surface area (Å²) in [7, 11) is 2.21. The fourth-order valence-electron chi connectivity index (χ4n) is 5.62. The van der Waals surface area contributed by atoms with Crippen molar-refractivity contribution in [3.63, 3.8) is 0 Å². The van der Waals surface area contributed by atoms with Gasteiger partial charge in [0.1, 0.15) is 12.4 Å². The van der Waals surface area contributed by atoms with Crippen LogP contribution in [0.2, 0.25) is 0 Å². The molecule has 0 aromatic heterocycles. The molecule has 1 N–H and O–H groups in total. The summed E-state index contributed by atoms with van der Waals surface area (Å²) in [5.41, 5.74) is 3.89. The highest BCUT2D eigenvalue weighted by molar-refractivity contribution is 5.40. The van der Waals surface area contributed by atoms with E-state index < -0.39 is 0 Å². The van der Waals surface area contributed by atoms with Crippen LogP contribution >= 0.6 is 0 Å². The molecule has 0 bridgehead atoms. The second-order valence-electron chi connectivity index (χ2n) is 11.6. The van der Waals surface area contributed by atoms with Gasteiger partial charge in [-0.2, -0.15) is 0 Å². The zero-order valence-corrected chi connectivity index (χ0v) is 21.7. The molecule has 2 saturated heterocycles. The number of likely N-dealkylation sites (tertiary alicyclic amines) is 2. The third kappa shape index (κ3) is 6.62. The predicted octanol–water partition coefficient (Wildman–Crippen LogP) is 5.48. The SMILES string of the molecule is CN1CCC([C@H]2CCN(Cc3cc(C(C)(C)C)ccc3OCc3ccccc3)CC[C@@H]2O)CC1. The molecule has 186 valence electrons. The number of aliphatic hydroxyl groups is 1. The van der Waals surface area contributed by atoms with Gasteiger partial charge in [-0.25, -0.2) is 0 Å². The quantitative estimate of drug-likeness (QED) is 0.614. The maximum absolute atomic E-state index is 11.0. The minimum absolute atomic E-state index is 0.0981. The summed E-state index contributed by atoms with van der Waals surface area (Å²) < 4.78 is 6.33. The Balaban J connectivity index is 1.46. The van der Waals surface area contributed by atoms with Crippen molar-refractivity contribution in [3.05, 3.63) is 65.2 Å². The van der Waals surface area contributed by atoms with Crippen molar-refractivity contribution < 1.29 is 9.84 Å². The molecule has 2 aromatic rings. The summed E-state index contributed by atoms with van der Waals surface area (Å²) in [4.78, 5) is 4.96. The van der Waals surface area contributed by atoms with Gasteiger partial charge in [-0.15, -0.1) is 0 Å². The van der Waals surface area contributed by atoms with Crippen molar-refractivity contribution in [2.75, 3.05) is 33.2 Å². The van der Waals surface area contributed by atoms with Gasteiger partial charge in [0.2, 0.25) is 0 Å². The van der Waals surface area contributed by atoms with Gasteiger partial charge in [0.15, 0.2) is 0 Å². The van der Waals surface area contributed by atoms with Crippen molar-refractivity contribution >= 4 is 0 Å². The lowest BCUT2D eigenvalue weighted by atomic mass is 9.79. The van der Waals surface area contributed by atoms with Crippen LogP contribution in [0.25, 0.3) is 0 Å². The standard InChI is InChI=1S/C30H44N2O2/c1-30(2,3)26-10-11-29(34-22-23-8-6-5-7-9-23)25(20-26)21-32-18-14-27(28(33)15-19-32)24-12-16-31(4)17-13-24/h5-11,20,24,27-28,33H,12-19,21-22H2,1-4H3/t27-,28+/m1/s1. The first-order chi connectivity index (χ1) is 16.3. The molecule has 4 rings (SSSR count). The van der Waals surface area contributed by atoms with E-state index in [1.807, 2.05) is 6.07 Å². The Bertz CT molecular complexity index is 900. The molecule has 2 fully saturated rings. The number of hydrogen-bond donors (Lipinski definition) is 1. The Labute approximate surface area is 206 Å². The Morgan fingerprint density at radius 2 is 1.62 bits per heavy atom. The van der Waals surface area contributed by atoms with Crippen molar-refractivity contribution in [1.82, 2.24) is 9.80 Å². The molecule has 4 heteroatoms. The lowest BCUT2D eigenvalue weighted by Gasteiger charge is -2.35. The molecule has 0 unspecified atom stereocenters. The summed E-state index contributed by atoms with van der Waals surface area (Å²) in [6.45, 7) is 12.6. The molecule has 0 saturated carbocycles. The van der Waals surface area contributed by atoms with Gasteiger partial charge in [0.05, 0.1) is 6.10 Å². The minimum Gasteiger partial charge on any atom is -0.489 e. The smallest absolute Gasteiger partial charge is 0.124 e. The van der Waals surface area contributed by atoms with E-state index >= 15 is 0 Å². The number of nitrogens with zero attached hydrogens (tertiary/aromatic N) is 2. The van der Waals surface area contributed by atoms with Crippen molar-refractivity contribution in [1.29, 1.82) is 0 Å². The van der Waals surface area contributed by atoms with E-state index in [1.165, 1.54) is 42.6 Å². The number of ether oxygens (including phenoxy) is 1. The first kappa shape index (κ1) is 25.2. The zero-order valence-electron chi connectivity index (χ0n) is 21.7. The third-order valence-electron chi connectivity index (χ3n) is 7.94. The second-order valence-corrected chi connectivity index (χ2v) is 11.6. The highest BCUT2D eigenvalue weighted by atomic mass is 16.5. The van der Waals surface area contributed by atoms with E-state index in [4.69, 9.17) is 4.74 Å². The van der Waals surface area contributed by atoms with E-state index in [1.54, 1.807) is 0 Å². The fourth-order valence-corrected chi connectivity index (χ4v) is 5.62. The number of piperidine rings is 1. The van der Waals surface area contributed by atoms with E-state index in [9.17, 15) is 5.11 Å². The lowest BCUT2D eigenvalue weighted by Crippen LogP contribution is -2.37. The number of aliphatic hydroxyl groups excluding tert-OH is 1. The molecule has 0 radical (unpaired) electrons. The molecule has 2 aliphatic heterocycles. The molecular weight excluding hydrogens is 420 g/mol. The molecule has 2 aromatic carbocycles. The summed E-state index contributed by atoms with van der Waals surface area (Å²) >= 11 is 0. The van der Waals surface area contributed by atoms with Gasteiger partial charge >= 0.3 is 0 Å². The van der Waals surface area contributed by atoms with E-state index in [-0.39, 0.29) is 11.5 Å². The molecule has 0 aliphatic carbocycles. The van der Waals surface area contributed by atoms with Crippen LogP contribution in [-0.4, -0.2) is 54.2 Å². The molecule has 0 spiro atoms. The average Bonchev–Trinajstić information content (AvgIpc) is 3.00. The number of benzene rings is 2. The van der Waals surface area contributed by atoms with Gasteiger partial charge in [-0.05, 0) is 86.8 Å². The Kier molecular flexibility index (Phi) is 8.34. The van der Waals surface area contributed by atoms with Crippen molar-refractivity contribution in [2.45, 2.75) is 71.1 Å². The van der Waals surface area contributed by atoms with Crippen molar-refractivity contribution in [3.8, 4) is 5.75 Å². The van der Waals surface area contributed by atoms with Crippen LogP contribution in [0.5, 0.6) is 5.75 Å². The Morgan fingerprint density at radius 3 is 2.32 bits per heavy atom. The second kappa shape index (κ2) is 11.2. The fraction of sp³-hybridized carbons (Fsp3) is 0.600. The molecule has 4 nitrogen and oxygen atoms in total. The summed E-state index contributed by atoms with van der Waals surface area (Å²) in [6, 6.07) is 17.1. The van der Waals surface area contributed by atoms with Gasteiger partial charge in [0.25, 0.3) is 0 Å². The van der Waals surface area contributed by atoms with Crippen LogP contribution in [0.3, 0.4) is 0 Å². The number of hydrogen-bond acceptors (Lipinski definition) is 4. The van der Waals surface area contributed by atoms with Gasteiger partial charge < -0.3 is 14.7 Å². The maximum Gasteiger partial charge on any atom is 0.124 e. The molecule has 0 amide bonds. The predicted molar refractivity (Wildman–Crippen MR) is 140 cm³/mol. The normalized spacial score (nSPS) is 23.6. The molecule has 34 heavy (non-hydrogen) atoms. The van der Waals surface area contributed by atoms with Gasteiger partial charge in [-0.3, -0.25) is 4.90 Å². The molecule has 2 aliphatic rings. The third-order valence-corrected chi connectivity index (χ3v) is 7.94. The Hall–Kier alpha value is -1.88. The topological polar surface area (TPSA) is 35.9 Å². The lowest BCUT2D eigenvalue weighted by molar-refractivity contribution is 0.0455. The van der Waals surface area contributed by atoms with E-state index in [0.29, 0.717) is 18.4 Å². The van der Waals surface area contributed by atoms with E-state index in [0.717, 1.165) is 38.2 Å². The van der Waals surface area contributed by atoms with Crippen LogP contribution in [0.1, 0.15) is 63.1 Å². The van der Waals surface area contributed by atoms with Crippen LogP contribution in [-0.2, 0) is 18.6 Å². The molecule has 2 heterocycles. The summed E-state index contributed by atoms with van der Waals surface area (Å²) in [5.74, 6) is 2.09. The average molecular weight is 465 g/mol. The van der Waals surface area contributed by atoms with E-state index in [2.05, 4.69) is 80.1 Å². The highest BCUT2D eigenvalue weighted by Gasteiger charge is 2.33. The summed E-state index contributed by atoms with van der Waals surface area (Å²) in [6.07, 6.45) is 4.24. The first-order valence-electron chi connectivity index (χ1n) is 13.2. The molecular formula is C30H44N2O2. The van der Waals surface area contributed by atoms with Crippen LogP contribution in [0, 0.1) is 11.8 Å². The van der Waals surface area contributed by atoms with Crippen LogP contribution in [0.15, 0.2) is 48.5 Å². The van der Waals surface area contributed by atoms with Gasteiger partial charge in [-0.1, -0.05) is 63.2 Å². The van der Waals surface area contributed by atoms with Crippen LogP contribution in [0.4, 0.5) is 0 Å². The number of rotatable bonds is 6. The van der Waals surface area contributed by atoms with Gasteiger partial charge in [0, 0.05) is 18.7 Å². The zero-order chi connectivity index (χ0) is 24.1. The highest BCUT2D eigenvalue weighted by Crippen LogP contribution is 2.34. The maximum atomic E-state index is 11.0. The van der Waals surface area contributed by atoms with Crippen LogP contribution < -0.4 is 4.74 Å². The van der Waals surface area contributed by atoms with Crippen molar-refractivity contribution in [2.24, 2.45) is 11.8 Å². The minimum atomic E-state index is -0.173. The monoisotopic (exact) mass is 464 g/mol. The Morgan fingerprint density at radius 1 is 0.912 bits per heavy atom. The first-order valence-corrected chi connectivity index (χ1v) is 13.2. The summed E-state index contributed by atoms with van der Waals surface area (Å²) in [5, 5.41) is 11.0.